The first-order valence-corrected chi connectivity index (χ1v) is 5.24. The first kappa shape index (κ1) is 9.66. The molecule has 0 saturated heterocycles. The summed E-state index contributed by atoms with van der Waals surface area (Å²) in [7, 11) is 0. The average Bonchev–Trinajstić information content (AvgIpc) is 2.82. The molecule has 2 unspecified atom stereocenters. The molecule has 0 amide bonds. The highest BCUT2D eigenvalue weighted by Crippen LogP contribution is 2.41. The van der Waals surface area contributed by atoms with Crippen molar-refractivity contribution < 1.29 is 0 Å². The van der Waals surface area contributed by atoms with Crippen LogP contribution in [0.2, 0.25) is 0 Å². The molecule has 0 spiro atoms. The summed E-state index contributed by atoms with van der Waals surface area (Å²) >= 11 is 0. The molecular formula is C12H18N2. The van der Waals surface area contributed by atoms with Crippen molar-refractivity contribution in [1.29, 1.82) is 0 Å². The van der Waals surface area contributed by atoms with Gasteiger partial charge < -0.3 is 5.32 Å². The Kier molecular flexibility index (Phi) is 2.31. The summed E-state index contributed by atoms with van der Waals surface area (Å²) in [6, 6.07) is 4.90. The molecule has 1 heterocycles. The molecule has 1 saturated carbocycles. The Morgan fingerprint density at radius 1 is 1.29 bits per heavy atom. The molecular weight excluding hydrogens is 172 g/mol. The molecule has 1 N–H and O–H groups in total. The van der Waals surface area contributed by atoms with Gasteiger partial charge >= 0.3 is 0 Å². The van der Waals surface area contributed by atoms with Gasteiger partial charge in [0, 0.05) is 29.9 Å². The van der Waals surface area contributed by atoms with Crippen LogP contribution in [0.5, 0.6) is 0 Å². The quantitative estimate of drug-likeness (QED) is 0.774. The van der Waals surface area contributed by atoms with Crippen LogP contribution in [0.3, 0.4) is 0 Å². The van der Waals surface area contributed by atoms with Gasteiger partial charge in [0.15, 0.2) is 0 Å². The van der Waals surface area contributed by atoms with E-state index in [4.69, 9.17) is 0 Å². The second kappa shape index (κ2) is 3.35. The normalized spacial score (nSPS) is 26.2. The molecule has 1 fully saturated rings. The molecule has 1 aliphatic rings. The summed E-state index contributed by atoms with van der Waals surface area (Å²) in [4.78, 5) is 4.03. The van der Waals surface area contributed by atoms with Crippen molar-refractivity contribution >= 4 is 0 Å². The largest absolute Gasteiger partial charge is 0.309 e. The maximum absolute atomic E-state index is 4.03. The molecule has 0 bridgehead atoms. The Hall–Kier alpha value is -0.890. The van der Waals surface area contributed by atoms with E-state index in [1.807, 2.05) is 12.4 Å². The molecule has 1 aromatic heterocycles. The van der Waals surface area contributed by atoms with Crippen LogP contribution in [0.4, 0.5) is 0 Å². The summed E-state index contributed by atoms with van der Waals surface area (Å²) in [6.07, 6.45) is 5.02. The molecule has 2 heteroatoms. The van der Waals surface area contributed by atoms with E-state index >= 15 is 0 Å². The Balaban J connectivity index is 1.94. The zero-order valence-electron chi connectivity index (χ0n) is 9.12. The topological polar surface area (TPSA) is 24.9 Å². The Labute approximate surface area is 85.7 Å². The monoisotopic (exact) mass is 190 g/mol. The zero-order chi connectivity index (χ0) is 10.2. The lowest BCUT2D eigenvalue weighted by Gasteiger charge is -2.20. The van der Waals surface area contributed by atoms with Gasteiger partial charge in [-0.05, 0) is 44.9 Å². The standard InChI is InChI=1S/C12H18N2/c1-12(2,3)14-11-8-10(11)9-4-6-13-7-5-9/h4-7,10-11,14H,8H2,1-3H3. The molecule has 0 aromatic carbocycles. The summed E-state index contributed by atoms with van der Waals surface area (Å²) in [5, 5.41) is 3.62. The van der Waals surface area contributed by atoms with Gasteiger partial charge in [-0.2, -0.15) is 0 Å². The third-order valence-corrected chi connectivity index (χ3v) is 2.54. The molecule has 2 rings (SSSR count). The summed E-state index contributed by atoms with van der Waals surface area (Å²) in [6.45, 7) is 6.65. The first-order chi connectivity index (χ1) is 6.56. The van der Waals surface area contributed by atoms with Crippen LogP contribution in [0.25, 0.3) is 0 Å². The van der Waals surface area contributed by atoms with Crippen LogP contribution in [0, 0.1) is 0 Å². The van der Waals surface area contributed by atoms with Gasteiger partial charge in [-0.1, -0.05) is 0 Å². The third-order valence-electron chi connectivity index (χ3n) is 2.54. The van der Waals surface area contributed by atoms with Crippen LogP contribution < -0.4 is 5.32 Å². The van der Waals surface area contributed by atoms with E-state index in [1.165, 1.54) is 12.0 Å². The highest BCUT2D eigenvalue weighted by atomic mass is 15.0. The van der Waals surface area contributed by atoms with Gasteiger partial charge in [0.05, 0.1) is 0 Å². The minimum absolute atomic E-state index is 0.229. The fraction of sp³-hybridized carbons (Fsp3) is 0.583. The summed E-state index contributed by atoms with van der Waals surface area (Å²) in [5.41, 5.74) is 1.65. The predicted molar refractivity (Wildman–Crippen MR) is 58.3 cm³/mol. The number of hydrogen-bond donors (Lipinski definition) is 1. The van der Waals surface area contributed by atoms with Gasteiger partial charge in [-0.3, -0.25) is 4.98 Å². The van der Waals surface area contributed by atoms with Crippen LogP contribution in [0.1, 0.15) is 38.7 Å². The van der Waals surface area contributed by atoms with Crippen molar-refractivity contribution in [3.05, 3.63) is 30.1 Å². The Morgan fingerprint density at radius 2 is 1.93 bits per heavy atom. The number of rotatable bonds is 2. The van der Waals surface area contributed by atoms with Crippen molar-refractivity contribution in [2.24, 2.45) is 0 Å². The van der Waals surface area contributed by atoms with Gasteiger partial charge in [-0.25, -0.2) is 0 Å². The number of aromatic nitrogens is 1. The van der Waals surface area contributed by atoms with Crippen LogP contribution in [0.15, 0.2) is 24.5 Å². The van der Waals surface area contributed by atoms with Gasteiger partial charge in [0.25, 0.3) is 0 Å². The van der Waals surface area contributed by atoms with Crippen LogP contribution >= 0.6 is 0 Å². The van der Waals surface area contributed by atoms with E-state index in [9.17, 15) is 0 Å². The molecule has 2 atom stereocenters. The van der Waals surface area contributed by atoms with E-state index < -0.39 is 0 Å². The van der Waals surface area contributed by atoms with E-state index in [-0.39, 0.29) is 5.54 Å². The SMILES string of the molecule is CC(C)(C)NC1CC1c1ccncc1. The van der Waals surface area contributed by atoms with Crippen molar-refractivity contribution in [2.45, 2.75) is 44.7 Å². The van der Waals surface area contributed by atoms with Gasteiger partial charge in [0.2, 0.25) is 0 Å². The fourth-order valence-electron chi connectivity index (χ4n) is 1.89. The van der Waals surface area contributed by atoms with Crippen molar-refractivity contribution in [3.8, 4) is 0 Å². The lowest BCUT2D eigenvalue weighted by Crippen LogP contribution is -2.38. The molecule has 14 heavy (non-hydrogen) atoms. The number of hydrogen-bond acceptors (Lipinski definition) is 2. The average molecular weight is 190 g/mol. The minimum atomic E-state index is 0.229. The van der Waals surface area contributed by atoms with E-state index in [0.29, 0.717) is 12.0 Å². The first-order valence-electron chi connectivity index (χ1n) is 5.24. The second-order valence-electron chi connectivity index (χ2n) is 5.12. The van der Waals surface area contributed by atoms with Gasteiger partial charge in [0.1, 0.15) is 0 Å². The third kappa shape index (κ3) is 2.32. The van der Waals surface area contributed by atoms with Crippen molar-refractivity contribution in [1.82, 2.24) is 10.3 Å². The highest BCUT2D eigenvalue weighted by Gasteiger charge is 2.39. The molecule has 0 aliphatic heterocycles. The zero-order valence-corrected chi connectivity index (χ0v) is 9.12. The molecule has 0 radical (unpaired) electrons. The molecule has 76 valence electrons. The molecule has 1 aromatic rings. The van der Waals surface area contributed by atoms with Crippen LogP contribution in [-0.4, -0.2) is 16.6 Å². The second-order valence-corrected chi connectivity index (χ2v) is 5.12. The van der Waals surface area contributed by atoms with Crippen molar-refractivity contribution in [3.63, 3.8) is 0 Å². The maximum atomic E-state index is 4.03. The van der Waals surface area contributed by atoms with E-state index in [2.05, 4.69) is 43.2 Å². The van der Waals surface area contributed by atoms with Crippen molar-refractivity contribution in [2.75, 3.05) is 0 Å². The Morgan fingerprint density at radius 3 is 2.50 bits per heavy atom. The lowest BCUT2D eigenvalue weighted by atomic mass is 10.1. The van der Waals surface area contributed by atoms with Crippen LogP contribution in [-0.2, 0) is 0 Å². The highest BCUT2D eigenvalue weighted by molar-refractivity contribution is 5.25. The summed E-state index contributed by atoms with van der Waals surface area (Å²) < 4.78 is 0. The van der Waals surface area contributed by atoms with E-state index in [1.54, 1.807) is 0 Å². The number of pyridine rings is 1. The predicted octanol–water partition coefficient (Wildman–Crippen LogP) is 2.33. The van der Waals surface area contributed by atoms with Gasteiger partial charge in [-0.15, -0.1) is 0 Å². The smallest absolute Gasteiger partial charge is 0.0270 e. The Bertz CT molecular complexity index is 300. The lowest BCUT2D eigenvalue weighted by molar-refractivity contribution is 0.418. The minimum Gasteiger partial charge on any atom is -0.309 e. The number of nitrogens with one attached hydrogen (secondary N) is 1. The summed E-state index contributed by atoms with van der Waals surface area (Å²) in [5.74, 6) is 0.706. The van der Waals surface area contributed by atoms with E-state index in [0.717, 1.165) is 0 Å². The maximum Gasteiger partial charge on any atom is 0.0270 e. The fourth-order valence-corrected chi connectivity index (χ4v) is 1.89. The molecule has 2 nitrogen and oxygen atoms in total. The molecule has 1 aliphatic carbocycles. The number of nitrogens with zero attached hydrogens (tertiary/aromatic N) is 1.